The first-order valence-corrected chi connectivity index (χ1v) is 12.8. The van der Waals surface area contributed by atoms with E-state index < -0.39 is 0 Å². The maximum Gasteiger partial charge on any atom is 0.191 e. The molecule has 0 saturated heterocycles. The second kappa shape index (κ2) is 10.5. The van der Waals surface area contributed by atoms with Crippen LogP contribution in [0.15, 0.2) is 59.6 Å². The van der Waals surface area contributed by atoms with Crippen LogP contribution in [0.5, 0.6) is 5.75 Å². The van der Waals surface area contributed by atoms with E-state index in [1.165, 1.54) is 11.1 Å². The Hall–Kier alpha value is -2.61. The summed E-state index contributed by atoms with van der Waals surface area (Å²) in [6.07, 6.45) is 1.84. The molecule has 4 aromatic rings. The molecule has 4 rings (SSSR count). The Morgan fingerprint density at radius 1 is 1.12 bits per heavy atom. The zero-order chi connectivity index (χ0) is 23.4. The number of hydrogen-bond acceptors (Lipinski definition) is 6. The number of thioether (sulfide) groups is 1. The minimum atomic E-state index is 0.316. The molecule has 5 nitrogen and oxygen atoms in total. The standard InChI is InChI=1S/C25H25ClN4OS2/c1-5-10-30-22(13-31-20-11-17(3)23(26)18(4)12-20)28-29-25(30)33-15-19-14-32-24(27-19)21-9-7-6-8-16(21)2/h5-9,11-12,14H,1,10,13,15H2,2-4H3. The fraction of sp³-hybridized carbons (Fsp3) is 0.240. The smallest absolute Gasteiger partial charge is 0.191 e. The lowest BCUT2D eigenvalue weighted by Gasteiger charge is -2.11. The summed E-state index contributed by atoms with van der Waals surface area (Å²) in [5, 5.41) is 13.5. The Kier molecular flexibility index (Phi) is 7.53. The van der Waals surface area contributed by atoms with Crippen molar-refractivity contribution in [3.63, 3.8) is 0 Å². The fourth-order valence-electron chi connectivity index (χ4n) is 3.43. The van der Waals surface area contributed by atoms with Gasteiger partial charge in [-0.2, -0.15) is 0 Å². The summed E-state index contributed by atoms with van der Waals surface area (Å²) in [4.78, 5) is 4.82. The molecule has 0 N–H and O–H groups in total. The summed E-state index contributed by atoms with van der Waals surface area (Å²) in [6, 6.07) is 12.2. The highest BCUT2D eigenvalue weighted by molar-refractivity contribution is 7.98. The molecule has 2 aromatic carbocycles. The molecule has 0 spiro atoms. The van der Waals surface area contributed by atoms with E-state index in [0.717, 1.165) is 43.6 Å². The Labute approximate surface area is 207 Å². The summed E-state index contributed by atoms with van der Waals surface area (Å²) in [6.45, 7) is 10.9. The summed E-state index contributed by atoms with van der Waals surface area (Å²) >= 11 is 9.55. The van der Waals surface area contributed by atoms with E-state index >= 15 is 0 Å². The van der Waals surface area contributed by atoms with E-state index in [-0.39, 0.29) is 0 Å². The first-order valence-electron chi connectivity index (χ1n) is 10.5. The van der Waals surface area contributed by atoms with Gasteiger partial charge in [0.2, 0.25) is 0 Å². The Morgan fingerprint density at radius 3 is 2.61 bits per heavy atom. The average Bonchev–Trinajstić information content (AvgIpc) is 3.42. The highest BCUT2D eigenvalue weighted by atomic mass is 35.5. The van der Waals surface area contributed by atoms with Gasteiger partial charge in [0.05, 0.1) is 5.69 Å². The van der Waals surface area contributed by atoms with Crippen LogP contribution in [0.1, 0.15) is 28.2 Å². The minimum absolute atomic E-state index is 0.316. The van der Waals surface area contributed by atoms with Gasteiger partial charge < -0.3 is 4.74 Å². The molecule has 0 aliphatic carbocycles. The van der Waals surface area contributed by atoms with Gasteiger partial charge in [0.15, 0.2) is 11.0 Å². The van der Waals surface area contributed by atoms with Crippen molar-refractivity contribution in [3.05, 3.63) is 87.7 Å². The van der Waals surface area contributed by atoms with Crippen LogP contribution in [0.4, 0.5) is 0 Å². The number of halogens is 1. The first-order chi connectivity index (χ1) is 16.0. The van der Waals surface area contributed by atoms with E-state index in [1.807, 2.05) is 48.8 Å². The molecule has 0 atom stereocenters. The van der Waals surface area contributed by atoms with Crippen molar-refractivity contribution in [3.8, 4) is 16.3 Å². The molecule has 0 bridgehead atoms. The molecular formula is C25H25ClN4OS2. The van der Waals surface area contributed by atoms with Crippen molar-refractivity contribution < 1.29 is 4.74 Å². The molecule has 2 heterocycles. The third-order valence-corrected chi connectivity index (χ3v) is 7.68. The first kappa shape index (κ1) is 23.5. The molecule has 2 aromatic heterocycles. The molecule has 0 amide bonds. The van der Waals surface area contributed by atoms with Crippen LogP contribution < -0.4 is 4.74 Å². The zero-order valence-electron chi connectivity index (χ0n) is 18.8. The number of allylic oxidation sites excluding steroid dienone is 1. The molecule has 170 valence electrons. The predicted molar refractivity (Wildman–Crippen MR) is 137 cm³/mol. The van der Waals surface area contributed by atoms with Gasteiger partial charge in [0, 0.05) is 28.3 Å². The van der Waals surface area contributed by atoms with Crippen molar-refractivity contribution in [1.29, 1.82) is 0 Å². The van der Waals surface area contributed by atoms with Crippen LogP contribution in [0.3, 0.4) is 0 Å². The largest absolute Gasteiger partial charge is 0.486 e. The van der Waals surface area contributed by atoms with Crippen molar-refractivity contribution in [2.24, 2.45) is 0 Å². The number of nitrogens with zero attached hydrogens (tertiary/aromatic N) is 4. The van der Waals surface area contributed by atoms with E-state index in [2.05, 4.69) is 41.2 Å². The minimum Gasteiger partial charge on any atom is -0.486 e. The summed E-state index contributed by atoms with van der Waals surface area (Å²) in [7, 11) is 0. The lowest BCUT2D eigenvalue weighted by Crippen LogP contribution is -2.07. The van der Waals surface area contributed by atoms with Crippen LogP contribution in [-0.4, -0.2) is 19.7 Å². The van der Waals surface area contributed by atoms with Gasteiger partial charge >= 0.3 is 0 Å². The van der Waals surface area contributed by atoms with E-state index in [9.17, 15) is 0 Å². The third kappa shape index (κ3) is 5.49. The number of benzene rings is 2. The highest BCUT2D eigenvalue weighted by Crippen LogP contribution is 2.30. The summed E-state index contributed by atoms with van der Waals surface area (Å²) < 4.78 is 8.03. The number of rotatable bonds is 9. The SMILES string of the molecule is C=CCn1c(COc2cc(C)c(Cl)c(C)c2)nnc1SCc1csc(-c2ccccc2C)n1. The van der Waals surface area contributed by atoms with Gasteiger partial charge in [-0.25, -0.2) is 4.98 Å². The zero-order valence-corrected chi connectivity index (χ0v) is 21.2. The van der Waals surface area contributed by atoms with Crippen LogP contribution in [-0.2, 0) is 18.9 Å². The maximum atomic E-state index is 6.27. The van der Waals surface area contributed by atoms with Gasteiger partial charge in [-0.1, -0.05) is 53.7 Å². The van der Waals surface area contributed by atoms with Crippen LogP contribution in [0.2, 0.25) is 5.02 Å². The van der Waals surface area contributed by atoms with Crippen LogP contribution in [0.25, 0.3) is 10.6 Å². The van der Waals surface area contributed by atoms with Crippen LogP contribution in [0, 0.1) is 20.8 Å². The second-order valence-electron chi connectivity index (χ2n) is 7.71. The summed E-state index contributed by atoms with van der Waals surface area (Å²) in [5.74, 6) is 2.23. The summed E-state index contributed by atoms with van der Waals surface area (Å²) in [5.41, 5.74) is 5.42. The quantitative estimate of drug-likeness (QED) is 0.184. The van der Waals surface area contributed by atoms with Gasteiger partial charge in [-0.05, 0) is 49.6 Å². The van der Waals surface area contributed by atoms with Gasteiger partial charge in [0.1, 0.15) is 17.4 Å². The normalized spacial score (nSPS) is 11.0. The van der Waals surface area contributed by atoms with E-state index in [1.54, 1.807) is 23.1 Å². The van der Waals surface area contributed by atoms with E-state index in [4.69, 9.17) is 21.3 Å². The molecule has 8 heteroatoms. The Bertz CT molecular complexity index is 1260. The molecule has 0 unspecified atom stereocenters. The average molecular weight is 497 g/mol. The molecule has 0 aliphatic heterocycles. The number of ether oxygens (including phenoxy) is 1. The topological polar surface area (TPSA) is 52.8 Å². The van der Waals surface area contributed by atoms with Crippen molar-refractivity contribution in [2.75, 3.05) is 0 Å². The van der Waals surface area contributed by atoms with Crippen molar-refractivity contribution >= 4 is 34.7 Å². The molecule has 0 fully saturated rings. The maximum absolute atomic E-state index is 6.27. The molecule has 0 aliphatic rings. The lowest BCUT2D eigenvalue weighted by molar-refractivity contribution is 0.289. The molecule has 0 saturated carbocycles. The Balaban J connectivity index is 1.45. The second-order valence-corrected chi connectivity index (χ2v) is 9.88. The number of aryl methyl sites for hydroxylation is 3. The third-order valence-electron chi connectivity index (χ3n) is 5.16. The van der Waals surface area contributed by atoms with Gasteiger partial charge in [-0.3, -0.25) is 4.57 Å². The molecule has 33 heavy (non-hydrogen) atoms. The highest BCUT2D eigenvalue weighted by Gasteiger charge is 2.15. The lowest BCUT2D eigenvalue weighted by atomic mass is 10.1. The number of thiazole rings is 1. The monoisotopic (exact) mass is 496 g/mol. The predicted octanol–water partition coefficient (Wildman–Crippen LogP) is 7.04. The Morgan fingerprint density at radius 2 is 1.88 bits per heavy atom. The van der Waals surface area contributed by atoms with Crippen LogP contribution >= 0.6 is 34.7 Å². The fourth-order valence-corrected chi connectivity index (χ4v) is 5.41. The molecule has 0 radical (unpaired) electrons. The van der Waals surface area contributed by atoms with Gasteiger partial charge in [-0.15, -0.1) is 28.1 Å². The van der Waals surface area contributed by atoms with Crippen molar-refractivity contribution in [1.82, 2.24) is 19.7 Å². The number of hydrogen-bond donors (Lipinski definition) is 0. The van der Waals surface area contributed by atoms with Gasteiger partial charge in [0.25, 0.3) is 0 Å². The van der Waals surface area contributed by atoms with Crippen molar-refractivity contribution in [2.45, 2.75) is 44.8 Å². The molecular weight excluding hydrogens is 472 g/mol. The number of aromatic nitrogens is 4. The van der Waals surface area contributed by atoms with E-state index in [0.29, 0.717) is 18.9 Å².